The van der Waals surface area contributed by atoms with E-state index in [0.717, 1.165) is 0 Å². The van der Waals surface area contributed by atoms with E-state index in [0.29, 0.717) is 11.1 Å². The second-order valence-electron chi connectivity index (χ2n) is 3.84. The number of hydrogen-bond acceptors (Lipinski definition) is 5. The Balaban J connectivity index is 2.89. The molecule has 0 radical (unpaired) electrons. The minimum absolute atomic E-state index is 0.00832. The van der Waals surface area contributed by atoms with E-state index in [1.54, 1.807) is 6.92 Å². The highest BCUT2D eigenvalue weighted by atomic mass is 32.2. The Morgan fingerprint density at radius 2 is 2.00 bits per heavy atom. The number of nitrogens with zero attached hydrogens (tertiary/aromatic N) is 1. The monoisotopic (exact) mass is 284 g/mol. The topological polar surface area (TPSA) is 88.4 Å². The first kappa shape index (κ1) is 15.6. The SMILES string of the molecule is COC(CNS(=O)(=O)c1ccc(C#N)c(C)c1)OC. The fourth-order valence-electron chi connectivity index (χ4n) is 1.45. The Morgan fingerprint density at radius 3 is 2.47 bits per heavy atom. The van der Waals surface area contributed by atoms with Crippen LogP contribution in [-0.4, -0.2) is 35.5 Å². The molecule has 0 bridgehead atoms. The quantitative estimate of drug-likeness (QED) is 0.779. The molecule has 1 N–H and O–H groups in total. The molecule has 0 heterocycles. The summed E-state index contributed by atoms with van der Waals surface area (Å²) in [5, 5.41) is 8.80. The van der Waals surface area contributed by atoms with Crippen molar-refractivity contribution < 1.29 is 17.9 Å². The van der Waals surface area contributed by atoms with Gasteiger partial charge in [-0.1, -0.05) is 0 Å². The molecule has 0 spiro atoms. The van der Waals surface area contributed by atoms with Crippen molar-refractivity contribution >= 4 is 10.0 Å². The van der Waals surface area contributed by atoms with Crippen LogP contribution in [0.5, 0.6) is 0 Å². The highest BCUT2D eigenvalue weighted by molar-refractivity contribution is 7.89. The van der Waals surface area contributed by atoms with Crippen molar-refractivity contribution in [2.45, 2.75) is 18.1 Å². The molecule has 0 fully saturated rings. The van der Waals surface area contributed by atoms with E-state index >= 15 is 0 Å². The average molecular weight is 284 g/mol. The first-order chi connectivity index (χ1) is 8.94. The maximum atomic E-state index is 12.0. The van der Waals surface area contributed by atoms with Gasteiger partial charge in [-0.3, -0.25) is 0 Å². The van der Waals surface area contributed by atoms with Gasteiger partial charge in [0.05, 0.1) is 23.1 Å². The van der Waals surface area contributed by atoms with Crippen LogP contribution in [0.15, 0.2) is 23.1 Å². The standard InChI is InChI=1S/C12H16N2O4S/c1-9-6-11(5-4-10(9)7-13)19(15,16)14-8-12(17-2)18-3/h4-6,12,14H,8H2,1-3H3. The minimum Gasteiger partial charge on any atom is -0.355 e. The molecular weight excluding hydrogens is 268 g/mol. The highest BCUT2D eigenvalue weighted by Crippen LogP contribution is 2.14. The summed E-state index contributed by atoms with van der Waals surface area (Å²) in [6.07, 6.45) is -0.644. The molecule has 0 saturated heterocycles. The van der Waals surface area contributed by atoms with E-state index in [2.05, 4.69) is 4.72 Å². The third-order valence-electron chi connectivity index (χ3n) is 2.59. The Hall–Kier alpha value is -1.46. The summed E-state index contributed by atoms with van der Waals surface area (Å²) in [7, 11) is -0.793. The van der Waals surface area contributed by atoms with Crippen LogP contribution in [0.4, 0.5) is 0 Å². The molecular formula is C12H16N2O4S. The Kier molecular flexibility index (Phi) is 5.44. The van der Waals surface area contributed by atoms with E-state index in [-0.39, 0.29) is 11.4 Å². The molecule has 1 aromatic carbocycles. The third-order valence-corrected chi connectivity index (χ3v) is 4.02. The van der Waals surface area contributed by atoms with Crippen LogP contribution >= 0.6 is 0 Å². The molecule has 0 aromatic heterocycles. The summed E-state index contributed by atoms with van der Waals surface area (Å²) in [5.41, 5.74) is 1.06. The zero-order chi connectivity index (χ0) is 14.5. The molecule has 19 heavy (non-hydrogen) atoms. The van der Waals surface area contributed by atoms with Crippen LogP contribution in [-0.2, 0) is 19.5 Å². The van der Waals surface area contributed by atoms with E-state index in [1.807, 2.05) is 6.07 Å². The predicted octanol–water partition coefficient (Wildman–Crippen LogP) is 0.764. The third kappa shape index (κ3) is 4.01. The first-order valence-corrected chi connectivity index (χ1v) is 6.99. The fraction of sp³-hybridized carbons (Fsp3) is 0.417. The first-order valence-electron chi connectivity index (χ1n) is 5.50. The molecule has 0 aliphatic rings. The van der Waals surface area contributed by atoms with Gasteiger partial charge in [-0.05, 0) is 30.7 Å². The molecule has 104 valence electrons. The van der Waals surface area contributed by atoms with Gasteiger partial charge in [-0.15, -0.1) is 0 Å². The average Bonchev–Trinajstić information content (AvgIpc) is 2.39. The number of sulfonamides is 1. The van der Waals surface area contributed by atoms with Gasteiger partial charge in [-0.2, -0.15) is 5.26 Å². The molecule has 0 saturated carbocycles. The summed E-state index contributed by atoms with van der Waals surface area (Å²) >= 11 is 0. The molecule has 0 amide bonds. The minimum atomic E-state index is -3.64. The molecule has 0 atom stereocenters. The van der Waals surface area contributed by atoms with Gasteiger partial charge in [0.15, 0.2) is 6.29 Å². The lowest BCUT2D eigenvalue weighted by atomic mass is 10.1. The molecule has 0 unspecified atom stereocenters. The van der Waals surface area contributed by atoms with Crippen molar-refractivity contribution in [3.63, 3.8) is 0 Å². The van der Waals surface area contributed by atoms with E-state index < -0.39 is 16.3 Å². The second-order valence-corrected chi connectivity index (χ2v) is 5.61. The lowest BCUT2D eigenvalue weighted by Gasteiger charge is -2.14. The Labute approximate surface area is 113 Å². The number of rotatable bonds is 6. The van der Waals surface area contributed by atoms with Gasteiger partial charge in [0.2, 0.25) is 10.0 Å². The molecule has 0 aliphatic carbocycles. The van der Waals surface area contributed by atoms with Gasteiger partial charge >= 0.3 is 0 Å². The van der Waals surface area contributed by atoms with Crippen LogP contribution < -0.4 is 4.72 Å². The van der Waals surface area contributed by atoms with Gasteiger partial charge in [0.25, 0.3) is 0 Å². The van der Waals surface area contributed by atoms with Crippen LogP contribution in [0.25, 0.3) is 0 Å². The molecule has 6 nitrogen and oxygen atoms in total. The van der Waals surface area contributed by atoms with Crippen molar-refractivity contribution in [1.29, 1.82) is 5.26 Å². The van der Waals surface area contributed by atoms with Gasteiger partial charge in [0, 0.05) is 14.2 Å². The largest absolute Gasteiger partial charge is 0.355 e. The smallest absolute Gasteiger partial charge is 0.240 e. The van der Waals surface area contributed by atoms with Gasteiger partial charge in [0.1, 0.15) is 0 Å². The number of benzene rings is 1. The summed E-state index contributed by atoms with van der Waals surface area (Å²) in [6, 6.07) is 6.31. The number of aryl methyl sites for hydroxylation is 1. The van der Waals surface area contributed by atoms with E-state index in [1.165, 1.54) is 32.4 Å². The van der Waals surface area contributed by atoms with Crippen molar-refractivity contribution in [2.75, 3.05) is 20.8 Å². The predicted molar refractivity (Wildman–Crippen MR) is 68.9 cm³/mol. The van der Waals surface area contributed by atoms with Gasteiger partial charge < -0.3 is 9.47 Å². The molecule has 1 rings (SSSR count). The van der Waals surface area contributed by atoms with Crippen molar-refractivity contribution in [2.24, 2.45) is 0 Å². The van der Waals surface area contributed by atoms with Crippen LogP contribution in [0.2, 0.25) is 0 Å². The number of ether oxygens (including phenoxy) is 2. The Bertz CT molecular complexity index is 574. The van der Waals surface area contributed by atoms with Gasteiger partial charge in [-0.25, -0.2) is 13.1 Å². The fourth-order valence-corrected chi connectivity index (χ4v) is 2.55. The summed E-state index contributed by atoms with van der Waals surface area (Å²) in [5.74, 6) is 0. The number of nitrogens with one attached hydrogen (secondary N) is 1. The number of methoxy groups -OCH3 is 2. The summed E-state index contributed by atoms with van der Waals surface area (Å²) in [6.45, 7) is 1.69. The maximum Gasteiger partial charge on any atom is 0.240 e. The molecule has 0 aliphatic heterocycles. The summed E-state index contributed by atoms with van der Waals surface area (Å²) in [4.78, 5) is 0.106. The molecule has 1 aromatic rings. The van der Waals surface area contributed by atoms with E-state index in [4.69, 9.17) is 14.7 Å². The maximum absolute atomic E-state index is 12.0. The molecule has 7 heteroatoms. The number of hydrogen-bond donors (Lipinski definition) is 1. The zero-order valence-corrected chi connectivity index (χ0v) is 11.8. The van der Waals surface area contributed by atoms with Crippen LogP contribution in [0, 0.1) is 18.3 Å². The zero-order valence-electron chi connectivity index (χ0n) is 11.0. The lowest BCUT2D eigenvalue weighted by Crippen LogP contribution is -2.34. The van der Waals surface area contributed by atoms with Crippen molar-refractivity contribution in [1.82, 2.24) is 4.72 Å². The van der Waals surface area contributed by atoms with E-state index in [9.17, 15) is 8.42 Å². The van der Waals surface area contributed by atoms with Crippen molar-refractivity contribution in [3.05, 3.63) is 29.3 Å². The normalized spacial score (nSPS) is 11.5. The second kappa shape index (κ2) is 6.63. The summed E-state index contributed by atoms with van der Waals surface area (Å²) < 4.78 is 36.2. The van der Waals surface area contributed by atoms with Crippen LogP contribution in [0.1, 0.15) is 11.1 Å². The Morgan fingerprint density at radius 1 is 1.37 bits per heavy atom. The number of nitriles is 1. The van der Waals surface area contributed by atoms with Crippen molar-refractivity contribution in [3.8, 4) is 6.07 Å². The van der Waals surface area contributed by atoms with Crippen LogP contribution in [0.3, 0.4) is 0 Å². The lowest BCUT2D eigenvalue weighted by molar-refractivity contribution is -0.0960. The highest BCUT2D eigenvalue weighted by Gasteiger charge is 2.17.